The topological polar surface area (TPSA) is 104 Å². The fourth-order valence-electron chi connectivity index (χ4n) is 1.48. The number of sulfone groups is 1. The molecule has 1 fully saturated rings. The van der Waals surface area contributed by atoms with Crippen LogP contribution < -0.4 is 5.32 Å². The van der Waals surface area contributed by atoms with Gasteiger partial charge >= 0.3 is 12.0 Å². The molecule has 1 rings (SSSR count). The van der Waals surface area contributed by atoms with Crippen LogP contribution in [-0.2, 0) is 14.6 Å². The molecule has 18 heavy (non-hydrogen) atoms. The fraction of sp³-hybridized carbons (Fsp3) is 0.778. The molecule has 0 saturated carbocycles. The molecule has 1 aliphatic heterocycles. The highest BCUT2D eigenvalue weighted by Crippen LogP contribution is 2.20. The number of carboxylic acid groups (broad SMARTS) is 1. The molecule has 1 heterocycles. The normalized spacial score (nSPS) is 19.8. The molecule has 2 N–H and O–H groups in total. The lowest BCUT2D eigenvalue weighted by Gasteiger charge is -2.20. The molecule has 2 amide bonds. The summed E-state index contributed by atoms with van der Waals surface area (Å²) in [6.07, 6.45) is 1.45. The summed E-state index contributed by atoms with van der Waals surface area (Å²) in [5.41, 5.74) is 0. The number of hydrogen-bond acceptors (Lipinski definition) is 5. The predicted octanol–water partition coefficient (Wildman–Crippen LogP) is -0.410. The van der Waals surface area contributed by atoms with Crippen molar-refractivity contribution in [1.29, 1.82) is 0 Å². The fourth-order valence-corrected chi connectivity index (χ4v) is 3.29. The Morgan fingerprint density at radius 2 is 2.17 bits per heavy atom. The Kier molecular flexibility index (Phi) is 5.27. The largest absolute Gasteiger partial charge is 0.480 e. The number of thioether (sulfide) groups is 1. The summed E-state index contributed by atoms with van der Waals surface area (Å²) in [7, 11) is -3.03. The van der Waals surface area contributed by atoms with Crippen LogP contribution in [0.4, 0.5) is 4.79 Å². The molecular weight excluding hydrogens is 280 g/mol. The molecule has 0 spiro atoms. The minimum atomic E-state index is -3.03. The molecule has 0 aromatic rings. The maximum atomic E-state index is 11.7. The first kappa shape index (κ1) is 15.1. The summed E-state index contributed by atoms with van der Waals surface area (Å²) >= 11 is 1.38. The van der Waals surface area contributed by atoms with E-state index in [0.29, 0.717) is 18.1 Å². The Labute approximate surface area is 110 Å². The van der Waals surface area contributed by atoms with E-state index in [0.717, 1.165) is 6.26 Å². The molecule has 0 aliphatic carbocycles. The van der Waals surface area contributed by atoms with Crippen molar-refractivity contribution in [2.45, 2.75) is 12.5 Å². The summed E-state index contributed by atoms with van der Waals surface area (Å²) in [6.45, 7) is 0.222. The van der Waals surface area contributed by atoms with Gasteiger partial charge < -0.3 is 15.3 Å². The van der Waals surface area contributed by atoms with Gasteiger partial charge in [-0.25, -0.2) is 18.0 Å². The molecule has 1 saturated heterocycles. The standard InChI is InChI=1S/C9H16N2O5S2/c1-18(15,16)4-2-3-10-9(14)11-6-17-5-7(11)8(12)13/h7H,2-6H2,1H3,(H,10,14)(H,12,13)/t7-/m0/s1. The van der Waals surface area contributed by atoms with E-state index in [-0.39, 0.29) is 12.3 Å². The monoisotopic (exact) mass is 296 g/mol. The summed E-state index contributed by atoms with van der Waals surface area (Å²) in [4.78, 5) is 23.8. The summed E-state index contributed by atoms with van der Waals surface area (Å²) in [5.74, 6) is -0.294. The van der Waals surface area contributed by atoms with E-state index in [1.54, 1.807) is 0 Å². The van der Waals surface area contributed by atoms with Gasteiger partial charge in [-0.15, -0.1) is 11.8 Å². The average Bonchev–Trinajstić information content (AvgIpc) is 2.71. The van der Waals surface area contributed by atoms with Crippen molar-refractivity contribution < 1.29 is 23.1 Å². The van der Waals surface area contributed by atoms with Crippen LogP contribution >= 0.6 is 11.8 Å². The van der Waals surface area contributed by atoms with Gasteiger partial charge in [-0.2, -0.15) is 0 Å². The number of carbonyl (C=O) groups excluding carboxylic acids is 1. The SMILES string of the molecule is CS(=O)(=O)CCCNC(=O)N1CSC[C@H]1C(=O)O. The highest BCUT2D eigenvalue weighted by molar-refractivity contribution is 7.99. The summed E-state index contributed by atoms with van der Waals surface area (Å²) in [5, 5.41) is 11.4. The number of carboxylic acids is 1. The van der Waals surface area contributed by atoms with Crippen molar-refractivity contribution in [2.24, 2.45) is 0 Å². The third kappa shape index (κ3) is 4.73. The van der Waals surface area contributed by atoms with Crippen LogP contribution in [0.15, 0.2) is 0 Å². The lowest BCUT2D eigenvalue weighted by molar-refractivity contribution is -0.140. The van der Waals surface area contributed by atoms with Crippen molar-refractivity contribution in [1.82, 2.24) is 10.2 Å². The van der Waals surface area contributed by atoms with Crippen molar-refractivity contribution in [3.05, 3.63) is 0 Å². The molecule has 7 nitrogen and oxygen atoms in total. The Morgan fingerprint density at radius 3 is 2.72 bits per heavy atom. The van der Waals surface area contributed by atoms with Crippen LogP contribution in [-0.4, -0.2) is 66.6 Å². The van der Waals surface area contributed by atoms with E-state index in [1.165, 1.54) is 16.7 Å². The van der Waals surface area contributed by atoms with Gasteiger partial charge in [0.1, 0.15) is 15.9 Å². The molecule has 0 radical (unpaired) electrons. The molecule has 0 unspecified atom stereocenters. The molecule has 1 atom stereocenters. The minimum Gasteiger partial charge on any atom is -0.480 e. The van der Waals surface area contributed by atoms with Crippen LogP contribution in [0.2, 0.25) is 0 Å². The molecule has 0 bridgehead atoms. The van der Waals surface area contributed by atoms with Crippen molar-refractivity contribution in [2.75, 3.05) is 30.2 Å². The number of rotatable bonds is 5. The maximum Gasteiger partial charge on any atom is 0.327 e. The number of aliphatic carboxylic acids is 1. The van der Waals surface area contributed by atoms with E-state index in [9.17, 15) is 18.0 Å². The number of hydrogen-bond donors (Lipinski definition) is 2. The van der Waals surface area contributed by atoms with Gasteiger partial charge in [-0.3, -0.25) is 0 Å². The molecular formula is C9H16N2O5S2. The molecule has 0 aromatic carbocycles. The number of carbonyl (C=O) groups is 2. The van der Waals surface area contributed by atoms with Crippen molar-refractivity contribution in [3.63, 3.8) is 0 Å². The van der Waals surface area contributed by atoms with Gasteiger partial charge in [0.2, 0.25) is 0 Å². The van der Waals surface area contributed by atoms with Crippen molar-refractivity contribution in [3.8, 4) is 0 Å². The average molecular weight is 296 g/mol. The molecule has 104 valence electrons. The smallest absolute Gasteiger partial charge is 0.327 e. The number of amides is 2. The van der Waals surface area contributed by atoms with Gasteiger partial charge in [-0.05, 0) is 6.42 Å². The molecule has 1 aliphatic rings. The van der Waals surface area contributed by atoms with E-state index in [1.807, 2.05) is 0 Å². The van der Waals surface area contributed by atoms with E-state index < -0.39 is 27.9 Å². The second-order valence-corrected chi connectivity index (χ2v) is 7.30. The Balaban J connectivity index is 2.35. The second kappa shape index (κ2) is 6.28. The second-order valence-electron chi connectivity index (χ2n) is 4.04. The third-order valence-corrected chi connectivity index (χ3v) is 4.44. The molecule has 0 aromatic heterocycles. The van der Waals surface area contributed by atoms with E-state index >= 15 is 0 Å². The first-order valence-electron chi connectivity index (χ1n) is 5.34. The zero-order valence-corrected chi connectivity index (χ0v) is 11.6. The first-order chi connectivity index (χ1) is 8.31. The zero-order chi connectivity index (χ0) is 13.8. The van der Waals surface area contributed by atoms with Crippen LogP contribution in [0, 0.1) is 0 Å². The van der Waals surface area contributed by atoms with E-state index in [2.05, 4.69) is 5.32 Å². The van der Waals surface area contributed by atoms with Gasteiger partial charge in [0, 0.05) is 18.6 Å². The first-order valence-corrected chi connectivity index (χ1v) is 8.55. The lowest BCUT2D eigenvalue weighted by Crippen LogP contribution is -2.47. The number of nitrogens with zero attached hydrogens (tertiary/aromatic N) is 1. The Hall–Kier alpha value is -0.960. The van der Waals surface area contributed by atoms with Gasteiger partial charge in [0.25, 0.3) is 0 Å². The minimum absolute atomic E-state index is 0.00435. The number of nitrogens with one attached hydrogen (secondary N) is 1. The van der Waals surface area contributed by atoms with E-state index in [4.69, 9.17) is 5.11 Å². The Morgan fingerprint density at radius 1 is 1.50 bits per heavy atom. The van der Waals surface area contributed by atoms with Gasteiger partial charge in [-0.1, -0.05) is 0 Å². The highest BCUT2D eigenvalue weighted by Gasteiger charge is 2.34. The summed E-state index contributed by atoms with van der Waals surface area (Å²) < 4.78 is 21.7. The maximum absolute atomic E-state index is 11.7. The molecule has 9 heteroatoms. The quantitative estimate of drug-likeness (QED) is 0.668. The van der Waals surface area contributed by atoms with Crippen LogP contribution in [0.1, 0.15) is 6.42 Å². The number of urea groups is 1. The third-order valence-electron chi connectivity index (χ3n) is 2.40. The van der Waals surface area contributed by atoms with Crippen LogP contribution in [0.25, 0.3) is 0 Å². The van der Waals surface area contributed by atoms with Crippen LogP contribution in [0.3, 0.4) is 0 Å². The zero-order valence-electron chi connectivity index (χ0n) is 9.96. The van der Waals surface area contributed by atoms with Crippen LogP contribution in [0.5, 0.6) is 0 Å². The van der Waals surface area contributed by atoms with Gasteiger partial charge in [0.15, 0.2) is 0 Å². The summed E-state index contributed by atoms with van der Waals surface area (Å²) in [6, 6.07) is -1.26. The Bertz CT molecular complexity index is 423. The predicted molar refractivity (Wildman–Crippen MR) is 68.3 cm³/mol. The lowest BCUT2D eigenvalue weighted by atomic mass is 10.3. The van der Waals surface area contributed by atoms with Gasteiger partial charge in [0.05, 0.1) is 11.6 Å². The van der Waals surface area contributed by atoms with Crippen molar-refractivity contribution >= 4 is 33.6 Å². The highest BCUT2D eigenvalue weighted by atomic mass is 32.2.